The van der Waals surface area contributed by atoms with Crippen molar-refractivity contribution in [2.75, 3.05) is 17.6 Å². The van der Waals surface area contributed by atoms with Crippen molar-refractivity contribution in [2.45, 2.75) is 26.3 Å². The van der Waals surface area contributed by atoms with Gasteiger partial charge in [0, 0.05) is 25.0 Å². The van der Waals surface area contributed by atoms with Gasteiger partial charge in [-0.15, -0.1) is 0 Å². The minimum Gasteiger partial charge on any atom is -0.382 e. The molecule has 0 atom stereocenters. The number of nitrogen functional groups attached to an aromatic ring is 1. The van der Waals surface area contributed by atoms with Gasteiger partial charge in [0.05, 0.1) is 0 Å². The van der Waals surface area contributed by atoms with E-state index < -0.39 is 0 Å². The van der Waals surface area contributed by atoms with Crippen molar-refractivity contribution >= 4 is 22.9 Å². The molecular weight excluding hydrogens is 340 g/mol. The Morgan fingerprint density at radius 2 is 1.89 bits per heavy atom. The summed E-state index contributed by atoms with van der Waals surface area (Å²) in [6.45, 7) is 4.88. The van der Waals surface area contributed by atoms with Gasteiger partial charge in [0.1, 0.15) is 0 Å². The third-order valence-corrected chi connectivity index (χ3v) is 4.31. The van der Waals surface area contributed by atoms with Crippen molar-refractivity contribution in [2.24, 2.45) is 0 Å². The normalized spacial score (nSPS) is 11.4. The summed E-state index contributed by atoms with van der Waals surface area (Å²) < 4.78 is 3.73. The summed E-state index contributed by atoms with van der Waals surface area (Å²) in [7, 11) is 0. The maximum absolute atomic E-state index is 6.18. The third kappa shape index (κ3) is 3.33. The summed E-state index contributed by atoms with van der Waals surface area (Å²) in [5.74, 6) is 1.53. The van der Waals surface area contributed by atoms with E-state index in [-0.39, 0.29) is 6.04 Å². The molecule has 0 aliphatic rings. The molecule has 0 spiro atoms. The first kappa shape index (κ1) is 17.0. The molecule has 1 aromatic carbocycles. The molecule has 3 heterocycles. The molecule has 8 nitrogen and oxygen atoms in total. The van der Waals surface area contributed by atoms with Crippen LogP contribution in [0.25, 0.3) is 17.1 Å². The maximum atomic E-state index is 6.18. The predicted molar refractivity (Wildman–Crippen MR) is 106 cm³/mol. The van der Waals surface area contributed by atoms with Gasteiger partial charge in [0.25, 0.3) is 0 Å². The van der Waals surface area contributed by atoms with Gasteiger partial charge >= 0.3 is 0 Å². The fraction of sp³-hybridized carbons (Fsp3) is 0.263. The molecule has 0 saturated heterocycles. The predicted octanol–water partition coefficient (Wildman–Crippen LogP) is 2.83. The summed E-state index contributed by atoms with van der Waals surface area (Å²) in [4.78, 5) is 13.7. The average Bonchev–Trinajstić information content (AvgIpc) is 3.30. The average molecular weight is 362 g/mol. The summed E-state index contributed by atoms with van der Waals surface area (Å²) in [5, 5.41) is 7.56. The van der Waals surface area contributed by atoms with Gasteiger partial charge in [-0.05, 0) is 31.9 Å². The third-order valence-electron chi connectivity index (χ3n) is 4.31. The Hall–Kier alpha value is -3.42. The highest BCUT2D eigenvalue weighted by atomic mass is 15.4. The molecule has 0 unspecified atom stereocenters. The minimum absolute atomic E-state index is 0.140. The zero-order chi connectivity index (χ0) is 18.8. The van der Waals surface area contributed by atoms with Crippen LogP contribution in [0.1, 0.15) is 25.5 Å². The van der Waals surface area contributed by atoms with Gasteiger partial charge in [-0.3, -0.25) is 4.57 Å². The number of aromatic nitrogens is 6. The van der Waals surface area contributed by atoms with E-state index in [0.29, 0.717) is 28.9 Å². The van der Waals surface area contributed by atoms with Crippen molar-refractivity contribution in [3.05, 3.63) is 54.4 Å². The first-order chi connectivity index (χ1) is 13.1. The molecule has 27 heavy (non-hydrogen) atoms. The molecule has 4 rings (SSSR count). The van der Waals surface area contributed by atoms with Gasteiger partial charge in [-0.2, -0.15) is 15.1 Å². The van der Waals surface area contributed by atoms with Crippen LogP contribution in [0.2, 0.25) is 0 Å². The molecule has 0 bridgehead atoms. The van der Waals surface area contributed by atoms with E-state index in [2.05, 4.69) is 51.3 Å². The van der Waals surface area contributed by atoms with Gasteiger partial charge in [0.15, 0.2) is 17.0 Å². The second-order valence-electron chi connectivity index (χ2n) is 6.59. The molecular formula is C19H22N8. The van der Waals surface area contributed by atoms with E-state index in [0.717, 1.165) is 13.0 Å². The van der Waals surface area contributed by atoms with Gasteiger partial charge in [0.2, 0.25) is 11.9 Å². The molecule has 138 valence electrons. The maximum Gasteiger partial charge on any atom is 0.233 e. The van der Waals surface area contributed by atoms with Crippen LogP contribution < -0.4 is 11.1 Å². The highest BCUT2D eigenvalue weighted by Crippen LogP contribution is 2.25. The first-order valence-electron chi connectivity index (χ1n) is 8.96. The highest BCUT2D eigenvalue weighted by molar-refractivity contribution is 5.84. The van der Waals surface area contributed by atoms with E-state index in [1.165, 1.54) is 5.56 Å². The van der Waals surface area contributed by atoms with E-state index >= 15 is 0 Å². The van der Waals surface area contributed by atoms with Crippen molar-refractivity contribution in [3.8, 4) is 5.95 Å². The SMILES string of the molecule is CC(C)n1c(-n2cccn2)nc2c(N)nc(NCCc3ccccc3)nc21. The van der Waals surface area contributed by atoms with E-state index in [4.69, 9.17) is 5.73 Å². The molecule has 3 aromatic heterocycles. The van der Waals surface area contributed by atoms with Crippen LogP contribution in [0.5, 0.6) is 0 Å². The number of benzene rings is 1. The fourth-order valence-electron chi connectivity index (χ4n) is 3.05. The first-order valence-corrected chi connectivity index (χ1v) is 8.96. The second-order valence-corrected chi connectivity index (χ2v) is 6.59. The largest absolute Gasteiger partial charge is 0.382 e. The Balaban J connectivity index is 1.66. The topological polar surface area (TPSA) is 99.5 Å². The van der Waals surface area contributed by atoms with Crippen LogP contribution in [-0.4, -0.2) is 35.8 Å². The van der Waals surface area contributed by atoms with Crippen molar-refractivity contribution < 1.29 is 0 Å². The number of nitrogens with zero attached hydrogens (tertiary/aromatic N) is 6. The number of hydrogen-bond acceptors (Lipinski definition) is 6. The Kier molecular flexibility index (Phi) is 4.45. The zero-order valence-corrected chi connectivity index (χ0v) is 15.4. The lowest BCUT2D eigenvalue weighted by atomic mass is 10.1. The summed E-state index contributed by atoms with van der Waals surface area (Å²) in [6, 6.07) is 12.3. The molecule has 8 heteroatoms. The summed E-state index contributed by atoms with van der Waals surface area (Å²) in [5.41, 5.74) is 8.72. The van der Waals surface area contributed by atoms with Crippen LogP contribution in [0.4, 0.5) is 11.8 Å². The minimum atomic E-state index is 0.140. The molecule has 0 radical (unpaired) electrons. The fourth-order valence-corrected chi connectivity index (χ4v) is 3.05. The molecule has 0 aliphatic carbocycles. The number of fused-ring (bicyclic) bond motifs is 1. The van der Waals surface area contributed by atoms with Crippen LogP contribution in [-0.2, 0) is 6.42 Å². The molecule has 4 aromatic rings. The van der Waals surface area contributed by atoms with E-state index in [1.807, 2.05) is 35.0 Å². The van der Waals surface area contributed by atoms with Crippen molar-refractivity contribution in [1.82, 2.24) is 29.3 Å². The van der Waals surface area contributed by atoms with Crippen molar-refractivity contribution in [3.63, 3.8) is 0 Å². The zero-order valence-electron chi connectivity index (χ0n) is 15.4. The van der Waals surface area contributed by atoms with Crippen molar-refractivity contribution in [1.29, 1.82) is 0 Å². The summed E-state index contributed by atoms with van der Waals surface area (Å²) in [6.07, 6.45) is 4.45. The monoisotopic (exact) mass is 362 g/mol. The molecule has 3 N–H and O–H groups in total. The quantitative estimate of drug-likeness (QED) is 0.547. The lowest BCUT2D eigenvalue weighted by molar-refractivity contribution is 0.583. The number of imidazole rings is 1. The van der Waals surface area contributed by atoms with Gasteiger partial charge < -0.3 is 11.1 Å². The Labute approximate surface area is 157 Å². The molecule has 0 saturated carbocycles. The smallest absolute Gasteiger partial charge is 0.233 e. The van der Waals surface area contributed by atoms with Crippen LogP contribution >= 0.6 is 0 Å². The van der Waals surface area contributed by atoms with Gasteiger partial charge in [-0.25, -0.2) is 9.67 Å². The number of hydrogen-bond donors (Lipinski definition) is 2. The van der Waals surface area contributed by atoms with E-state index in [9.17, 15) is 0 Å². The van der Waals surface area contributed by atoms with Crippen LogP contribution in [0.15, 0.2) is 48.8 Å². The van der Waals surface area contributed by atoms with Crippen LogP contribution in [0, 0.1) is 0 Å². The number of rotatable bonds is 6. The molecule has 0 amide bonds. The Morgan fingerprint density at radius 1 is 1.07 bits per heavy atom. The highest BCUT2D eigenvalue weighted by Gasteiger charge is 2.19. The standard InChI is InChI=1S/C19H22N8/c1-13(2)27-17-15(23-19(27)26-12-6-10-22-26)16(20)24-18(25-17)21-11-9-14-7-4-3-5-8-14/h3-8,10,12-13H,9,11H2,1-2H3,(H3,20,21,24,25). The number of anilines is 2. The Bertz CT molecular complexity index is 1030. The lowest BCUT2D eigenvalue weighted by Crippen LogP contribution is -2.12. The molecule has 0 aliphatic heterocycles. The number of nitrogens with one attached hydrogen (secondary N) is 1. The van der Waals surface area contributed by atoms with E-state index in [1.54, 1.807) is 10.9 Å². The van der Waals surface area contributed by atoms with Crippen LogP contribution in [0.3, 0.4) is 0 Å². The van der Waals surface area contributed by atoms with Gasteiger partial charge in [-0.1, -0.05) is 30.3 Å². The number of nitrogens with two attached hydrogens (primary N) is 1. The lowest BCUT2D eigenvalue weighted by Gasteiger charge is -2.12. The summed E-state index contributed by atoms with van der Waals surface area (Å²) >= 11 is 0. The second kappa shape index (κ2) is 7.06. The Morgan fingerprint density at radius 3 is 2.59 bits per heavy atom. The molecule has 0 fully saturated rings.